The van der Waals surface area contributed by atoms with E-state index in [0.29, 0.717) is 17.7 Å². The summed E-state index contributed by atoms with van der Waals surface area (Å²) >= 11 is 6.22. The summed E-state index contributed by atoms with van der Waals surface area (Å²) in [6.07, 6.45) is 3.21. The molecule has 122 valence electrons. The highest BCUT2D eigenvalue weighted by Gasteiger charge is 2.27. The van der Waals surface area contributed by atoms with Gasteiger partial charge in [-0.05, 0) is 49.4 Å². The number of nitrogens with zero attached hydrogens (tertiary/aromatic N) is 1. The Labute approximate surface area is 138 Å². The summed E-state index contributed by atoms with van der Waals surface area (Å²) in [5.41, 5.74) is 0.922. The smallest absolute Gasteiger partial charge is 0.221 e. The second kappa shape index (κ2) is 6.81. The van der Waals surface area contributed by atoms with Crippen LogP contribution in [0.5, 0.6) is 0 Å². The molecule has 1 saturated carbocycles. The second-order valence-corrected chi connectivity index (χ2v) is 6.37. The van der Waals surface area contributed by atoms with Crippen molar-refractivity contribution in [3.63, 3.8) is 0 Å². The van der Waals surface area contributed by atoms with Crippen LogP contribution in [0.15, 0.2) is 28.8 Å². The minimum Gasteiger partial charge on any atom is -0.393 e. The monoisotopic (exact) mass is 337 g/mol. The molecule has 1 N–H and O–H groups in total. The van der Waals surface area contributed by atoms with Crippen molar-refractivity contribution in [1.82, 2.24) is 5.16 Å². The van der Waals surface area contributed by atoms with Crippen molar-refractivity contribution in [2.45, 2.75) is 38.2 Å². The van der Waals surface area contributed by atoms with Gasteiger partial charge in [-0.3, -0.25) is 4.79 Å². The molecule has 0 bridgehead atoms. The van der Waals surface area contributed by atoms with Crippen LogP contribution in [0, 0.1) is 11.7 Å². The van der Waals surface area contributed by atoms with Gasteiger partial charge in [-0.15, -0.1) is 0 Å². The summed E-state index contributed by atoms with van der Waals surface area (Å²) in [4.78, 5) is 12.4. The molecule has 23 heavy (non-hydrogen) atoms. The van der Waals surface area contributed by atoms with Crippen LogP contribution in [0.25, 0.3) is 11.3 Å². The number of aromatic nitrogens is 1. The first-order valence-corrected chi connectivity index (χ1v) is 8.04. The predicted octanol–water partition coefficient (Wildman–Crippen LogP) is 4.26. The van der Waals surface area contributed by atoms with Crippen molar-refractivity contribution < 1.29 is 18.8 Å². The number of hydrogen-bond donors (Lipinski definition) is 1. The maximum Gasteiger partial charge on any atom is 0.221 e. The first-order chi connectivity index (χ1) is 11.0. The van der Waals surface area contributed by atoms with Crippen LogP contribution in [0.2, 0.25) is 5.02 Å². The molecule has 0 radical (unpaired) electrons. The van der Waals surface area contributed by atoms with Gasteiger partial charge in [0.15, 0.2) is 0 Å². The third-order valence-electron chi connectivity index (χ3n) is 4.24. The van der Waals surface area contributed by atoms with Gasteiger partial charge < -0.3 is 9.63 Å². The highest BCUT2D eigenvalue weighted by molar-refractivity contribution is 6.35. The number of aliphatic hydroxyl groups is 1. The van der Waals surface area contributed by atoms with Gasteiger partial charge in [0.05, 0.1) is 6.10 Å². The fraction of sp³-hybridized carbons (Fsp3) is 0.412. The summed E-state index contributed by atoms with van der Waals surface area (Å²) in [6.45, 7) is 0. The van der Waals surface area contributed by atoms with E-state index < -0.39 is 0 Å². The fourth-order valence-electron chi connectivity index (χ4n) is 3.04. The van der Waals surface area contributed by atoms with E-state index in [-0.39, 0.29) is 40.8 Å². The molecule has 2 atom stereocenters. The molecule has 1 aliphatic rings. The van der Waals surface area contributed by atoms with Crippen molar-refractivity contribution in [3.05, 3.63) is 40.9 Å². The quantitative estimate of drug-likeness (QED) is 0.847. The Morgan fingerprint density at radius 2 is 2.09 bits per heavy atom. The van der Waals surface area contributed by atoms with Crippen LogP contribution in [-0.2, 0) is 0 Å². The van der Waals surface area contributed by atoms with Gasteiger partial charge in [-0.1, -0.05) is 23.2 Å². The summed E-state index contributed by atoms with van der Waals surface area (Å²) < 4.78 is 18.1. The normalized spacial score (nSPS) is 21.3. The number of Topliss-reactive ketones (excluding diaryl/α,β-unsaturated/α-hetero) is 1. The molecule has 0 spiro atoms. The van der Waals surface area contributed by atoms with Crippen molar-refractivity contribution >= 4 is 17.4 Å². The molecule has 0 amide bonds. The zero-order valence-corrected chi connectivity index (χ0v) is 13.2. The number of aliphatic hydroxyl groups excluding tert-OH is 1. The van der Waals surface area contributed by atoms with Crippen LogP contribution >= 0.6 is 11.6 Å². The Kier molecular flexibility index (Phi) is 4.78. The van der Waals surface area contributed by atoms with Gasteiger partial charge in [-0.25, -0.2) is 4.39 Å². The van der Waals surface area contributed by atoms with Gasteiger partial charge in [0.25, 0.3) is 0 Å². The van der Waals surface area contributed by atoms with E-state index in [4.69, 9.17) is 16.1 Å². The number of hydrogen-bond acceptors (Lipinski definition) is 4. The summed E-state index contributed by atoms with van der Waals surface area (Å²) in [5, 5.41) is 13.7. The third kappa shape index (κ3) is 3.62. The number of carbonyl (C=O) groups is 1. The lowest BCUT2D eigenvalue weighted by Gasteiger charge is -2.24. The van der Waals surface area contributed by atoms with E-state index in [1.807, 2.05) is 0 Å². The Bertz CT molecular complexity index is 698. The lowest BCUT2D eigenvalue weighted by Crippen LogP contribution is -2.21. The molecule has 1 aromatic carbocycles. The van der Waals surface area contributed by atoms with Crippen molar-refractivity contribution in [2.24, 2.45) is 5.92 Å². The van der Waals surface area contributed by atoms with Gasteiger partial charge >= 0.3 is 0 Å². The number of carbonyl (C=O) groups excluding carboxylic acids is 1. The zero-order chi connectivity index (χ0) is 16.4. The van der Waals surface area contributed by atoms with E-state index in [1.54, 1.807) is 0 Å². The Morgan fingerprint density at radius 3 is 2.78 bits per heavy atom. The van der Waals surface area contributed by atoms with Gasteiger partial charge in [0.1, 0.15) is 16.5 Å². The molecule has 1 heterocycles. The van der Waals surface area contributed by atoms with Crippen LogP contribution in [0.3, 0.4) is 0 Å². The molecule has 3 rings (SSSR count). The van der Waals surface area contributed by atoms with E-state index >= 15 is 0 Å². The van der Waals surface area contributed by atoms with Crippen molar-refractivity contribution in [2.75, 3.05) is 0 Å². The van der Waals surface area contributed by atoms with E-state index in [2.05, 4.69) is 5.16 Å². The average Bonchev–Trinajstić information content (AvgIpc) is 2.90. The minimum absolute atomic E-state index is 0.0334. The lowest BCUT2D eigenvalue weighted by atomic mass is 9.84. The minimum atomic E-state index is -0.361. The number of rotatable bonds is 4. The Balaban J connectivity index is 1.75. The topological polar surface area (TPSA) is 63.3 Å². The molecular weight excluding hydrogens is 321 g/mol. The zero-order valence-electron chi connectivity index (χ0n) is 12.5. The molecule has 0 unspecified atom stereocenters. The van der Waals surface area contributed by atoms with E-state index in [0.717, 1.165) is 19.3 Å². The number of ketones is 1. The first kappa shape index (κ1) is 16.1. The molecule has 0 aliphatic heterocycles. The number of benzene rings is 1. The highest BCUT2D eigenvalue weighted by atomic mass is 35.5. The van der Waals surface area contributed by atoms with Crippen LogP contribution in [-0.4, -0.2) is 22.2 Å². The average molecular weight is 338 g/mol. The largest absolute Gasteiger partial charge is 0.393 e. The molecule has 1 fully saturated rings. The first-order valence-electron chi connectivity index (χ1n) is 7.67. The third-order valence-corrected chi connectivity index (χ3v) is 4.59. The molecule has 2 aromatic rings. The van der Waals surface area contributed by atoms with Gasteiger partial charge in [0, 0.05) is 12.0 Å². The molecule has 1 aliphatic carbocycles. The molecule has 0 saturated heterocycles. The fourth-order valence-corrected chi connectivity index (χ4v) is 3.33. The van der Waals surface area contributed by atoms with Crippen LogP contribution < -0.4 is 0 Å². The van der Waals surface area contributed by atoms with Gasteiger partial charge in [0.2, 0.25) is 11.5 Å². The van der Waals surface area contributed by atoms with Crippen molar-refractivity contribution in [3.8, 4) is 11.3 Å². The SMILES string of the molecule is O=C(C[C@@H]1CCC[C@H](O)C1)c1onc(-c2ccc(F)cc2)c1Cl. The standard InChI is InChI=1S/C17H17ClFNO3/c18-15-16(11-4-6-12(19)7-5-11)20-23-17(15)14(22)9-10-2-1-3-13(21)8-10/h4-7,10,13,21H,1-3,8-9H2/t10-,13+/m1/s1. The number of halogens is 2. The maximum absolute atomic E-state index is 13.0. The predicted molar refractivity (Wildman–Crippen MR) is 83.8 cm³/mol. The van der Waals surface area contributed by atoms with E-state index in [9.17, 15) is 14.3 Å². The molecular formula is C17H17ClFNO3. The Morgan fingerprint density at radius 1 is 1.35 bits per heavy atom. The highest BCUT2D eigenvalue weighted by Crippen LogP contribution is 2.33. The Hall–Kier alpha value is -1.72. The van der Waals surface area contributed by atoms with Gasteiger partial charge in [-0.2, -0.15) is 0 Å². The van der Waals surface area contributed by atoms with Crippen LogP contribution in [0.4, 0.5) is 4.39 Å². The second-order valence-electron chi connectivity index (χ2n) is 5.99. The molecule has 6 heteroatoms. The summed E-state index contributed by atoms with van der Waals surface area (Å²) in [6, 6.07) is 5.66. The van der Waals surface area contributed by atoms with Crippen LogP contribution in [0.1, 0.15) is 42.7 Å². The molecule has 1 aromatic heterocycles. The van der Waals surface area contributed by atoms with Crippen molar-refractivity contribution in [1.29, 1.82) is 0 Å². The molecule has 4 nitrogen and oxygen atoms in total. The lowest BCUT2D eigenvalue weighted by molar-refractivity contribution is 0.0798. The summed E-state index contributed by atoms with van der Waals surface area (Å²) in [7, 11) is 0. The summed E-state index contributed by atoms with van der Waals surface area (Å²) in [5.74, 6) is -0.400. The van der Waals surface area contributed by atoms with E-state index in [1.165, 1.54) is 24.3 Å². The maximum atomic E-state index is 13.0.